The number of benzene rings is 2. The first kappa shape index (κ1) is 28.8. The number of ether oxygens (including phenoxy) is 1. The van der Waals surface area contributed by atoms with Crippen molar-refractivity contribution in [1.29, 1.82) is 0 Å². The van der Waals surface area contributed by atoms with Crippen molar-refractivity contribution in [3.8, 4) is 16.9 Å². The van der Waals surface area contributed by atoms with Crippen LogP contribution in [-0.4, -0.2) is 81.7 Å². The Morgan fingerprint density at radius 1 is 1.07 bits per heavy atom. The van der Waals surface area contributed by atoms with Crippen molar-refractivity contribution in [3.05, 3.63) is 70.2 Å². The van der Waals surface area contributed by atoms with Gasteiger partial charge in [-0.25, -0.2) is 4.79 Å². The van der Waals surface area contributed by atoms with Gasteiger partial charge in [0.1, 0.15) is 22.8 Å². The number of phenols is 1. The second-order valence-corrected chi connectivity index (χ2v) is 10.7. The first-order valence-electron chi connectivity index (χ1n) is 12.9. The lowest BCUT2D eigenvalue weighted by atomic mass is 9.58. The van der Waals surface area contributed by atoms with Gasteiger partial charge in [0.2, 0.25) is 5.78 Å². The number of methoxy groups -OCH3 is 1. The second-order valence-electron chi connectivity index (χ2n) is 10.7. The summed E-state index contributed by atoms with van der Waals surface area (Å²) in [5.74, 6) is -7.36. The number of aromatic hydroxyl groups is 1. The number of Topliss-reactive ketones (excluding diaryl/α,β-unsaturated/α-hetero) is 2. The summed E-state index contributed by atoms with van der Waals surface area (Å²) < 4.78 is 18.6. The number of rotatable bonds is 4. The topological polar surface area (TPSA) is 191 Å². The van der Waals surface area contributed by atoms with Crippen molar-refractivity contribution in [2.45, 2.75) is 24.5 Å². The third-order valence-corrected chi connectivity index (χ3v) is 8.35. The number of halogens is 1. The quantitative estimate of drug-likeness (QED) is 0.264. The fourth-order valence-corrected chi connectivity index (χ4v) is 6.48. The van der Waals surface area contributed by atoms with E-state index in [1.54, 1.807) is 20.2 Å². The minimum absolute atomic E-state index is 0.0598. The molecule has 13 heteroatoms. The van der Waals surface area contributed by atoms with Crippen LogP contribution in [0.15, 0.2) is 59.1 Å². The Hall–Kier alpha value is -4.75. The maximum atomic E-state index is 14.2. The molecule has 2 aromatic carbocycles. The van der Waals surface area contributed by atoms with Crippen molar-refractivity contribution in [2.75, 3.05) is 26.3 Å². The molecule has 12 nitrogen and oxygen atoms in total. The predicted molar refractivity (Wildman–Crippen MR) is 145 cm³/mol. The van der Waals surface area contributed by atoms with E-state index in [0.717, 1.165) is 7.11 Å². The lowest BCUT2D eigenvalue weighted by molar-refractivity contribution is -0.148. The molecule has 0 heterocycles. The molecule has 0 fully saturated rings. The van der Waals surface area contributed by atoms with E-state index >= 15 is 0 Å². The molecule has 3 aliphatic rings. The first-order valence-corrected chi connectivity index (χ1v) is 12.9. The van der Waals surface area contributed by atoms with Crippen LogP contribution in [-0.2, 0) is 20.7 Å². The summed E-state index contributed by atoms with van der Waals surface area (Å²) in [7, 11) is 4.13. The Balaban J connectivity index is 1.64. The molecule has 0 radical (unpaired) electrons. The van der Waals surface area contributed by atoms with E-state index in [9.17, 15) is 44.1 Å². The van der Waals surface area contributed by atoms with Gasteiger partial charge in [-0.2, -0.15) is 0 Å². The molecule has 2 amide bonds. The summed E-state index contributed by atoms with van der Waals surface area (Å²) in [6.45, 7) is 0. The maximum absolute atomic E-state index is 14.2. The number of nitrogens with two attached hydrogens (primary N) is 1. The summed E-state index contributed by atoms with van der Waals surface area (Å²) in [6.07, 6.45) is -1.19. The summed E-state index contributed by atoms with van der Waals surface area (Å²) in [6, 6.07) is 7.42. The molecule has 0 bridgehead atoms. The maximum Gasteiger partial charge on any atom is 0.442 e. The molecule has 0 aromatic heterocycles. The van der Waals surface area contributed by atoms with E-state index in [-0.39, 0.29) is 34.8 Å². The number of likely N-dealkylation sites (N-methyl/N-ethyl adjacent to an activating group) is 1. The van der Waals surface area contributed by atoms with E-state index in [2.05, 4.69) is 4.74 Å². The predicted octanol–water partition coefficient (Wildman–Crippen LogP) is 2.24. The van der Waals surface area contributed by atoms with Crippen LogP contribution in [0.4, 0.5) is 15.0 Å². The number of nitrogens with zero attached hydrogens (tertiary/aromatic N) is 2. The number of allylic oxidation sites excluding steroid dienone is 1. The Bertz CT molecular complexity index is 1610. The zero-order valence-corrected chi connectivity index (χ0v) is 22.8. The Labute approximate surface area is 238 Å². The van der Waals surface area contributed by atoms with E-state index in [1.807, 2.05) is 0 Å². The Morgan fingerprint density at radius 3 is 2.29 bits per heavy atom. The standard InChI is InChI=1S/C29H28FN3O9/c1-32(2)22-17-11-13-10-16-15(12-4-6-14(7-5-12)33(30)28(40)42-3)8-9-18(34)20(16)23(35)19(13)25(37)29(17,41)26(38)21(24(22)36)27(31)39/h4-9,13,17,22,34,36-37,41H,10-11H2,1-3H3,(H2,31,39). The fraction of sp³-hybridized carbons (Fsp3) is 0.310. The molecule has 6 N–H and O–H groups in total. The van der Waals surface area contributed by atoms with Crippen LogP contribution in [0.25, 0.3) is 11.1 Å². The van der Waals surface area contributed by atoms with Crippen molar-refractivity contribution in [2.24, 2.45) is 17.6 Å². The largest absolute Gasteiger partial charge is 0.510 e. The number of phenolic OH excluding ortho intramolecular Hbond substituents is 1. The molecule has 2 aromatic rings. The summed E-state index contributed by atoms with van der Waals surface area (Å²) in [5.41, 5.74) is 2.65. The summed E-state index contributed by atoms with van der Waals surface area (Å²) >= 11 is 0. The Kier molecular flexibility index (Phi) is 6.82. The number of hydrogen-bond donors (Lipinski definition) is 5. The minimum Gasteiger partial charge on any atom is -0.510 e. The molecule has 0 spiro atoms. The number of fused-ring (bicyclic) bond motifs is 3. The van der Waals surface area contributed by atoms with Gasteiger partial charge in [0.15, 0.2) is 11.4 Å². The first-order chi connectivity index (χ1) is 19.7. The van der Waals surface area contributed by atoms with Crippen LogP contribution >= 0.6 is 0 Å². The highest BCUT2D eigenvalue weighted by Crippen LogP contribution is 2.53. The number of hydrogen-bond acceptors (Lipinski definition) is 10. The van der Waals surface area contributed by atoms with Gasteiger partial charge in [-0.1, -0.05) is 22.7 Å². The Morgan fingerprint density at radius 2 is 1.71 bits per heavy atom. The number of carbonyl (C=O) groups is 4. The number of primary amides is 1. The third kappa shape index (κ3) is 3.96. The molecule has 5 rings (SSSR count). The normalized spacial score (nSPS) is 25.1. The number of carbonyl (C=O) groups excluding carboxylic acids is 4. The number of ketones is 2. The van der Waals surface area contributed by atoms with Gasteiger partial charge in [-0.15, -0.1) is 5.12 Å². The van der Waals surface area contributed by atoms with Gasteiger partial charge in [-0.05, 0) is 67.7 Å². The van der Waals surface area contributed by atoms with Gasteiger partial charge in [0, 0.05) is 11.5 Å². The molecule has 3 aliphatic carbocycles. The van der Waals surface area contributed by atoms with Gasteiger partial charge in [0.25, 0.3) is 5.91 Å². The fourth-order valence-electron chi connectivity index (χ4n) is 6.48. The minimum atomic E-state index is -2.73. The summed E-state index contributed by atoms with van der Waals surface area (Å²) in [4.78, 5) is 52.4. The highest BCUT2D eigenvalue weighted by Gasteiger charge is 2.63. The van der Waals surface area contributed by atoms with Crippen molar-refractivity contribution in [3.63, 3.8) is 0 Å². The van der Waals surface area contributed by atoms with Crippen molar-refractivity contribution >= 4 is 29.3 Å². The van der Waals surface area contributed by atoms with Crippen LogP contribution in [0.5, 0.6) is 5.75 Å². The summed E-state index contributed by atoms with van der Waals surface area (Å²) in [5, 5.41) is 44.5. The molecule has 4 atom stereocenters. The van der Waals surface area contributed by atoms with Gasteiger partial charge in [0.05, 0.1) is 24.4 Å². The van der Waals surface area contributed by atoms with Crippen molar-refractivity contribution in [1.82, 2.24) is 4.90 Å². The van der Waals surface area contributed by atoms with Gasteiger partial charge < -0.3 is 30.9 Å². The average Bonchev–Trinajstić information content (AvgIpc) is 2.94. The number of aliphatic hydroxyl groups excluding tert-OH is 2. The monoisotopic (exact) mass is 581 g/mol. The smallest absolute Gasteiger partial charge is 0.442 e. The zero-order valence-electron chi connectivity index (χ0n) is 22.8. The molecular weight excluding hydrogens is 553 g/mol. The zero-order chi connectivity index (χ0) is 30.8. The van der Waals surface area contributed by atoms with Crippen LogP contribution < -0.4 is 10.9 Å². The van der Waals surface area contributed by atoms with Crippen LogP contribution in [0.3, 0.4) is 0 Å². The molecule has 0 saturated carbocycles. The van der Waals surface area contributed by atoms with Gasteiger partial charge in [-0.3, -0.25) is 19.3 Å². The lowest BCUT2D eigenvalue weighted by Gasteiger charge is -2.50. The molecule has 0 saturated heterocycles. The molecule has 4 unspecified atom stereocenters. The molecule has 0 aliphatic heterocycles. The van der Waals surface area contributed by atoms with Crippen molar-refractivity contribution < 1.29 is 48.8 Å². The number of aliphatic hydroxyl groups is 3. The SMILES string of the molecule is COC(=O)N(F)c1ccc(-c2ccc(O)c3c2CC2CC4C(N(C)C)C(O)=C(C(N)=O)C(=O)C4(O)C(O)=C2C3=O)cc1. The number of anilines is 1. The van der Waals surface area contributed by atoms with E-state index < -0.39 is 69.9 Å². The highest BCUT2D eigenvalue weighted by molar-refractivity contribution is 6.25. The van der Waals surface area contributed by atoms with Crippen LogP contribution in [0.2, 0.25) is 0 Å². The van der Waals surface area contributed by atoms with Crippen LogP contribution in [0, 0.1) is 11.8 Å². The average molecular weight is 582 g/mol. The molecular formula is C29H28FN3O9. The van der Waals surface area contributed by atoms with E-state index in [1.165, 1.54) is 35.2 Å². The van der Waals surface area contributed by atoms with Gasteiger partial charge >= 0.3 is 6.09 Å². The lowest BCUT2D eigenvalue weighted by Crippen LogP contribution is -2.63. The number of amides is 2. The highest BCUT2D eigenvalue weighted by atomic mass is 19.2. The second kappa shape index (κ2) is 9.96. The van der Waals surface area contributed by atoms with E-state index in [4.69, 9.17) is 5.73 Å². The third-order valence-electron chi connectivity index (χ3n) is 8.35. The molecule has 220 valence electrons. The van der Waals surface area contributed by atoms with E-state index in [0.29, 0.717) is 16.7 Å². The molecule has 42 heavy (non-hydrogen) atoms. The van der Waals surface area contributed by atoms with Crippen LogP contribution in [0.1, 0.15) is 22.3 Å².